The fraction of sp³-hybridized carbons (Fsp3) is 0.105. The SMILES string of the molecule is COc1ccc(C(=O)Nc2nc(-c3nnn(-c4ccccc4Cl)c3C)ns2)cc1. The number of hydrogen-bond acceptors (Lipinski definition) is 7. The lowest BCUT2D eigenvalue weighted by molar-refractivity contribution is 0.102. The second-order valence-corrected chi connectivity index (χ2v) is 7.15. The van der Waals surface area contributed by atoms with Gasteiger partial charge < -0.3 is 4.74 Å². The number of hydrogen-bond donors (Lipinski definition) is 1. The van der Waals surface area contributed by atoms with E-state index in [1.807, 2.05) is 25.1 Å². The van der Waals surface area contributed by atoms with E-state index in [9.17, 15) is 4.79 Å². The third-order valence-electron chi connectivity index (χ3n) is 4.19. The molecule has 4 aromatic rings. The van der Waals surface area contributed by atoms with Crippen LogP contribution in [-0.4, -0.2) is 37.4 Å². The molecular formula is C19H15ClN6O2S. The van der Waals surface area contributed by atoms with Crippen molar-refractivity contribution in [3.8, 4) is 23.0 Å². The summed E-state index contributed by atoms with van der Waals surface area (Å²) in [4.78, 5) is 16.8. The van der Waals surface area contributed by atoms with Crippen LogP contribution in [0, 0.1) is 6.92 Å². The quantitative estimate of drug-likeness (QED) is 0.518. The zero-order valence-corrected chi connectivity index (χ0v) is 17.0. The molecule has 0 spiro atoms. The van der Waals surface area contributed by atoms with E-state index >= 15 is 0 Å². The van der Waals surface area contributed by atoms with Gasteiger partial charge in [0.25, 0.3) is 5.91 Å². The fourth-order valence-corrected chi connectivity index (χ4v) is 3.45. The van der Waals surface area contributed by atoms with Gasteiger partial charge in [-0.1, -0.05) is 28.9 Å². The average Bonchev–Trinajstić information content (AvgIpc) is 3.35. The van der Waals surface area contributed by atoms with E-state index in [-0.39, 0.29) is 5.91 Å². The molecule has 0 saturated carbocycles. The van der Waals surface area contributed by atoms with Crippen LogP contribution in [0.15, 0.2) is 48.5 Å². The van der Waals surface area contributed by atoms with Crippen molar-refractivity contribution in [3.63, 3.8) is 0 Å². The number of carbonyl (C=O) groups excluding carboxylic acids is 1. The monoisotopic (exact) mass is 426 g/mol. The van der Waals surface area contributed by atoms with Crippen molar-refractivity contribution in [1.82, 2.24) is 24.4 Å². The van der Waals surface area contributed by atoms with Crippen LogP contribution in [0.2, 0.25) is 5.02 Å². The van der Waals surface area contributed by atoms with E-state index < -0.39 is 0 Å². The molecule has 0 aliphatic heterocycles. The van der Waals surface area contributed by atoms with Crippen LogP contribution in [0.1, 0.15) is 16.1 Å². The normalized spacial score (nSPS) is 10.7. The van der Waals surface area contributed by atoms with Crippen molar-refractivity contribution in [2.75, 3.05) is 12.4 Å². The maximum absolute atomic E-state index is 12.4. The minimum Gasteiger partial charge on any atom is -0.497 e. The smallest absolute Gasteiger partial charge is 0.257 e. The summed E-state index contributed by atoms with van der Waals surface area (Å²) in [5.74, 6) is 0.777. The molecule has 2 heterocycles. The number of methoxy groups -OCH3 is 1. The highest BCUT2D eigenvalue weighted by Gasteiger charge is 2.18. The Labute approximate surface area is 175 Å². The molecule has 2 aromatic heterocycles. The van der Waals surface area contributed by atoms with Crippen molar-refractivity contribution in [2.24, 2.45) is 0 Å². The van der Waals surface area contributed by atoms with Crippen molar-refractivity contribution >= 4 is 34.2 Å². The molecule has 10 heteroatoms. The second kappa shape index (κ2) is 7.98. The van der Waals surface area contributed by atoms with Crippen LogP contribution < -0.4 is 10.1 Å². The Morgan fingerprint density at radius 3 is 2.66 bits per heavy atom. The predicted octanol–water partition coefficient (Wildman–Crippen LogP) is 4.01. The average molecular weight is 427 g/mol. The van der Waals surface area contributed by atoms with Gasteiger partial charge >= 0.3 is 0 Å². The molecule has 8 nitrogen and oxygen atoms in total. The Morgan fingerprint density at radius 1 is 1.17 bits per heavy atom. The largest absolute Gasteiger partial charge is 0.497 e. The number of anilines is 1. The number of rotatable bonds is 5. The molecular weight excluding hydrogens is 412 g/mol. The Hall–Kier alpha value is -3.30. The molecule has 4 rings (SSSR count). The Bertz CT molecular complexity index is 1170. The van der Waals surface area contributed by atoms with E-state index in [1.54, 1.807) is 42.1 Å². The second-order valence-electron chi connectivity index (χ2n) is 5.99. The lowest BCUT2D eigenvalue weighted by Crippen LogP contribution is -2.11. The molecule has 1 N–H and O–H groups in total. The number of nitrogens with one attached hydrogen (secondary N) is 1. The van der Waals surface area contributed by atoms with Crippen molar-refractivity contribution in [2.45, 2.75) is 6.92 Å². The van der Waals surface area contributed by atoms with Crippen molar-refractivity contribution < 1.29 is 9.53 Å². The van der Waals surface area contributed by atoms with Gasteiger partial charge in [-0.3, -0.25) is 10.1 Å². The summed E-state index contributed by atoms with van der Waals surface area (Å²) in [6, 6.07) is 14.1. The zero-order valence-electron chi connectivity index (χ0n) is 15.5. The summed E-state index contributed by atoms with van der Waals surface area (Å²) >= 11 is 7.32. The van der Waals surface area contributed by atoms with Crippen LogP contribution in [-0.2, 0) is 0 Å². The highest BCUT2D eigenvalue weighted by Crippen LogP contribution is 2.26. The molecule has 0 unspecified atom stereocenters. The number of aromatic nitrogens is 5. The van der Waals surface area contributed by atoms with Crippen LogP contribution in [0.3, 0.4) is 0 Å². The number of para-hydroxylation sites is 1. The van der Waals surface area contributed by atoms with Crippen LogP contribution in [0.25, 0.3) is 17.2 Å². The first-order valence-electron chi connectivity index (χ1n) is 8.53. The number of ether oxygens (including phenoxy) is 1. The zero-order chi connectivity index (χ0) is 20.4. The molecule has 29 heavy (non-hydrogen) atoms. The van der Waals surface area contributed by atoms with Gasteiger partial charge in [0.05, 0.1) is 23.5 Å². The van der Waals surface area contributed by atoms with E-state index in [0.717, 1.165) is 17.2 Å². The molecule has 0 bridgehead atoms. The third kappa shape index (κ3) is 3.82. The molecule has 146 valence electrons. The third-order valence-corrected chi connectivity index (χ3v) is 5.14. The summed E-state index contributed by atoms with van der Waals surface area (Å²) in [7, 11) is 1.57. The molecule has 0 radical (unpaired) electrons. The van der Waals surface area contributed by atoms with Crippen molar-refractivity contribution in [1.29, 1.82) is 0 Å². The van der Waals surface area contributed by atoms with Gasteiger partial charge in [0, 0.05) is 17.1 Å². The minimum absolute atomic E-state index is 0.285. The van der Waals surface area contributed by atoms with Gasteiger partial charge in [0.1, 0.15) is 5.75 Å². The Balaban J connectivity index is 1.55. The molecule has 0 fully saturated rings. The van der Waals surface area contributed by atoms with Crippen LogP contribution >= 0.6 is 23.1 Å². The van der Waals surface area contributed by atoms with E-state index in [2.05, 4.69) is 25.0 Å². The van der Waals surface area contributed by atoms with Gasteiger partial charge in [-0.25, -0.2) is 4.68 Å². The van der Waals surface area contributed by atoms with Crippen molar-refractivity contribution in [3.05, 3.63) is 64.8 Å². The molecule has 0 aliphatic carbocycles. The van der Waals surface area contributed by atoms with Gasteiger partial charge in [-0.05, 0) is 43.3 Å². The van der Waals surface area contributed by atoms with Gasteiger partial charge in [-0.15, -0.1) is 5.10 Å². The maximum Gasteiger partial charge on any atom is 0.257 e. The number of nitrogens with zero attached hydrogens (tertiary/aromatic N) is 5. The first kappa shape index (κ1) is 19.0. The van der Waals surface area contributed by atoms with Crippen LogP contribution in [0.5, 0.6) is 5.75 Å². The summed E-state index contributed by atoms with van der Waals surface area (Å²) in [5, 5.41) is 12.0. The fourth-order valence-electron chi connectivity index (χ4n) is 2.67. The summed E-state index contributed by atoms with van der Waals surface area (Å²) < 4.78 is 11.0. The topological polar surface area (TPSA) is 94.8 Å². The highest BCUT2D eigenvalue weighted by molar-refractivity contribution is 7.10. The minimum atomic E-state index is -0.285. The van der Waals surface area contributed by atoms with Gasteiger partial charge in [0.15, 0.2) is 11.5 Å². The molecule has 0 saturated heterocycles. The van der Waals surface area contributed by atoms with E-state index in [4.69, 9.17) is 16.3 Å². The standard InChI is InChI=1S/C19H15ClN6O2S/c1-11-16(23-25-26(11)15-6-4-3-5-14(15)20)17-21-19(29-24-17)22-18(27)12-7-9-13(28-2)10-8-12/h3-10H,1-2H3,(H,21,22,24,27). The van der Waals surface area contributed by atoms with E-state index in [1.165, 1.54) is 0 Å². The van der Waals surface area contributed by atoms with Crippen LogP contribution in [0.4, 0.5) is 5.13 Å². The first-order chi connectivity index (χ1) is 14.1. The summed E-state index contributed by atoms with van der Waals surface area (Å²) in [6.07, 6.45) is 0. The number of amides is 1. The molecule has 0 atom stereocenters. The number of carbonyl (C=O) groups is 1. The lowest BCUT2D eigenvalue weighted by atomic mass is 10.2. The lowest BCUT2D eigenvalue weighted by Gasteiger charge is -2.04. The summed E-state index contributed by atoms with van der Waals surface area (Å²) in [6.45, 7) is 1.86. The van der Waals surface area contributed by atoms with Gasteiger partial charge in [-0.2, -0.15) is 9.36 Å². The predicted molar refractivity (Wildman–Crippen MR) is 111 cm³/mol. The highest BCUT2D eigenvalue weighted by atomic mass is 35.5. The number of benzene rings is 2. The maximum atomic E-state index is 12.4. The molecule has 0 aliphatic rings. The van der Waals surface area contributed by atoms with E-state index in [0.29, 0.717) is 38.7 Å². The number of halogens is 1. The Kier molecular flexibility index (Phi) is 5.24. The Morgan fingerprint density at radius 2 is 1.93 bits per heavy atom. The van der Waals surface area contributed by atoms with Gasteiger partial charge in [0.2, 0.25) is 5.13 Å². The summed E-state index contributed by atoms with van der Waals surface area (Å²) in [5.41, 5.74) is 2.46. The molecule has 2 aromatic carbocycles. The first-order valence-corrected chi connectivity index (χ1v) is 9.68. The molecule has 1 amide bonds.